The summed E-state index contributed by atoms with van der Waals surface area (Å²) in [5.74, 6) is 0.607. The van der Waals surface area contributed by atoms with Crippen molar-refractivity contribution in [2.75, 3.05) is 0 Å². The standard InChI is InChI=1S/C14H16N2O3S/c1-11-3-5-13(6-4-11)7-8-20(17,18)16-10-14-9-15-19-12(14)2/h3-9,16H,10H2,1-2H3. The first-order valence-electron chi connectivity index (χ1n) is 6.11. The third kappa shape index (κ3) is 4.04. The van der Waals surface area contributed by atoms with Crippen LogP contribution in [0.15, 0.2) is 40.4 Å². The van der Waals surface area contributed by atoms with Crippen LogP contribution in [-0.2, 0) is 16.6 Å². The minimum atomic E-state index is -3.48. The molecule has 0 saturated carbocycles. The van der Waals surface area contributed by atoms with Crippen LogP contribution in [0.4, 0.5) is 0 Å². The predicted molar refractivity (Wildman–Crippen MR) is 77.2 cm³/mol. The lowest BCUT2D eigenvalue weighted by molar-refractivity contribution is 0.396. The monoisotopic (exact) mass is 292 g/mol. The Morgan fingerprint density at radius 2 is 1.95 bits per heavy atom. The minimum absolute atomic E-state index is 0.163. The second-order valence-electron chi connectivity index (χ2n) is 4.49. The average Bonchev–Trinajstić information content (AvgIpc) is 2.82. The average molecular weight is 292 g/mol. The number of aromatic nitrogens is 1. The molecule has 1 N–H and O–H groups in total. The molecule has 0 unspecified atom stereocenters. The van der Waals surface area contributed by atoms with E-state index in [1.54, 1.807) is 13.0 Å². The zero-order chi connectivity index (χ0) is 14.6. The summed E-state index contributed by atoms with van der Waals surface area (Å²) < 4.78 is 31.0. The van der Waals surface area contributed by atoms with Gasteiger partial charge in [0, 0.05) is 17.5 Å². The van der Waals surface area contributed by atoms with E-state index in [0.29, 0.717) is 5.76 Å². The van der Waals surface area contributed by atoms with Crippen molar-refractivity contribution in [1.82, 2.24) is 9.88 Å². The Balaban J connectivity index is 2.00. The van der Waals surface area contributed by atoms with E-state index in [4.69, 9.17) is 4.52 Å². The third-order valence-corrected chi connectivity index (χ3v) is 3.87. The number of hydrogen-bond acceptors (Lipinski definition) is 4. The first kappa shape index (κ1) is 14.5. The van der Waals surface area contributed by atoms with E-state index < -0.39 is 10.0 Å². The molecule has 5 nitrogen and oxygen atoms in total. The molecule has 0 saturated heterocycles. The van der Waals surface area contributed by atoms with Crippen LogP contribution in [0.3, 0.4) is 0 Å². The Hall–Kier alpha value is -1.92. The molecular formula is C14H16N2O3S. The number of nitrogens with zero attached hydrogens (tertiary/aromatic N) is 1. The molecule has 2 rings (SSSR count). The fourth-order valence-electron chi connectivity index (χ4n) is 1.56. The van der Waals surface area contributed by atoms with Crippen molar-refractivity contribution in [2.24, 2.45) is 0 Å². The van der Waals surface area contributed by atoms with Crippen LogP contribution in [0.2, 0.25) is 0 Å². The second-order valence-corrected chi connectivity index (χ2v) is 6.14. The van der Waals surface area contributed by atoms with E-state index in [2.05, 4.69) is 9.88 Å². The van der Waals surface area contributed by atoms with Crippen LogP contribution in [0.1, 0.15) is 22.5 Å². The van der Waals surface area contributed by atoms with Gasteiger partial charge in [-0.1, -0.05) is 35.0 Å². The van der Waals surface area contributed by atoms with Gasteiger partial charge < -0.3 is 4.52 Å². The molecule has 0 bridgehead atoms. The fraction of sp³-hybridized carbons (Fsp3) is 0.214. The molecule has 0 aliphatic heterocycles. The molecule has 1 aromatic carbocycles. The summed E-state index contributed by atoms with van der Waals surface area (Å²) in [7, 11) is -3.48. The molecular weight excluding hydrogens is 276 g/mol. The van der Waals surface area contributed by atoms with Crippen molar-refractivity contribution in [3.05, 3.63) is 58.3 Å². The third-order valence-electron chi connectivity index (χ3n) is 2.83. The lowest BCUT2D eigenvalue weighted by atomic mass is 10.2. The lowest BCUT2D eigenvalue weighted by Crippen LogP contribution is -2.20. The summed E-state index contributed by atoms with van der Waals surface area (Å²) in [5, 5.41) is 4.75. The minimum Gasteiger partial charge on any atom is -0.361 e. The second kappa shape index (κ2) is 6.02. The Bertz CT molecular complexity index is 700. The van der Waals surface area contributed by atoms with Gasteiger partial charge in [-0.05, 0) is 25.5 Å². The van der Waals surface area contributed by atoms with Crippen molar-refractivity contribution in [3.63, 3.8) is 0 Å². The first-order valence-corrected chi connectivity index (χ1v) is 7.65. The lowest BCUT2D eigenvalue weighted by Gasteiger charge is -2.01. The quantitative estimate of drug-likeness (QED) is 0.918. The highest BCUT2D eigenvalue weighted by Gasteiger charge is 2.08. The van der Waals surface area contributed by atoms with Gasteiger partial charge in [-0.15, -0.1) is 0 Å². The van der Waals surface area contributed by atoms with Gasteiger partial charge in [-0.3, -0.25) is 0 Å². The number of hydrogen-bond donors (Lipinski definition) is 1. The summed E-state index contributed by atoms with van der Waals surface area (Å²) in [4.78, 5) is 0. The summed E-state index contributed by atoms with van der Waals surface area (Å²) in [6.07, 6.45) is 3.06. The molecule has 0 aliphatic rings. The van der Waals surface area contributed by atoms with Crippen molar-refractivity contribution >= 4 is 16.1 Å². The van der Waals surface area contributed by atoms with Gasteiger partial charge in [-0.2, -0.15) is 0 Å². The van der Waals surface area contributed by atoms with Crippen molar-refractivity contribution < 1.29 is 12.9 Å². The number of benzene rings is 1. The number of aryl methyl sites for hydroxylation is 2. The van der Waals surface area contributed by atoms with E-state index in [1.807, 2.05) is 31.2 Å². The van der Waals surface area contributed by atoms with Crippen molar-refractivity contribution in [3.8, 4) is 0 Å². The van der Waals surface area contributed by atoms with Gasteiger partial charge in [0.15, 0.2) is 0 Å². The van der Waals surface area contributed by atoms with E-state index in [-0.39, 0.29) is 6.54 Å². The van der Waals surface area contributed by atoms with E-state index >= 15 is 0 Å². The first-order chi connectivity index (χ1) is 9.46. The maximum absolute atomic E-state index is 11.8. The molecule has 1 aromatic heterocycles. The molecule has 0 radical (unpaired) electrons. The Morgan fingerprint density at radius 3 is 2.55 bits per heavy atom. The number of rotatable bonds is 5. The molecule has 0 fully saturated rings. The van der Waals surface area contributed by atoms with E-state index in [9.17, 15) is 8.42 Å². The SMILES string of the molecule is Cc1ccc(C=CS(=O)(=O)NCc2cnoc2C)cc1. The van der Waals surface area contributed by atoms with Crippen molar-refractivity contribution in [2.45, 2.75) is 20.4 Å². The molecule has 0 spiro atoms. The fourth-order valence-corrected chi connectivity index (χ4v) is 2.35. The summed E-state index contributed by atoms with van der Waals surface area (Å²) in [6.45, 7) is 3.88. The zero-order valence-electron chi connectivity index (χ0n) is 11.3. The largest absolute Gasteiger partial charge is 0.361 e. The van der Waals surface area contributed by atoms with Gasteiger partial charge >= 0.3 is 0 Å². The Morgan fingerprint density at radius 1 is 1.25 bits per heavy atom. The molecule has 0 aliphatic carbocycles. The van der Waals surface area contributed by atoms with Crippen LogP contribution < -0.4 is 4.72 Å². The van der Waals surface area contributed by atoms with Crippen LogP contribution in [-0.4, -0.2) is 13.6 Å². The maximum Gasteiger partial charge on any atom is 0.234 e. The smallest absolute Gasteiger partial charge is 0.234 e. The Kier molecular flexibility index (Phi) is 4.36. The van der Waals surface area contributed by atoms with Gasteiger partial charge in [0.25, 0.3) is 0 Å². The van der Waals surface area contributed by atoms with Crippen LogP contribution in [0.5, 0.6) is 0 Å². The van der Waals surface area contributed by atoms with E-state index in [0.717, 1.165) is 22.1 Å². The molecule has 0 amide bonds. The zero-order valence-corrected chi connectivity index (χ0v) is 12.1. The van der Waals surface area contributed by atoms with Gasteiger partial charge in [0.1, 0.15) is 5.76 Å². The van der Waals surface area contributed by atoms with E-state index in [1.165, 1.54) is 6.20 Å². The number of nitrogens with one attached hydrogen (secondary N) is 1. The molecule has 0 atom stereocenters. The van der Waals surface area contributed by atoms with Gasteiger partial charge in [-0.25, -0.2) is 13.1 Å². The summed E-state index contributed by atoms with van der Waals surface area (Å²) >= 11 is 0. The van der Waals surface area contributed by atoms with Crippen molar-refractivity contribution in [1.29, 1.82) is 0 Å². The maximum atomic E-state index is 11.8. The normalized spacial score (nSPS) is 12.1. The summed E-state index contributed by atoms with van der Waals surface area (Å²) in [6, 6.07) is 7.59. The predicted octanol–water partition coefficient (Wildman–Crippen LogP) is 2.38. The van der Waals surface area contributed by atoms with Crippen LogP contribution in [0.25, 0.3) is 6.08 Å². The molecule has 2 aromatic rings. The van der Waals surface area contributed by atoms with Crippen LogP contribution >= 0.6 is 0 Å². The van der Waals surface area contributed by atoms with Crippen LogP contribution in [0, 0.1) is 13.8 Å². The van der Waals surface area contributed by atoms with Gasteiger partial charge in [0.2, 0.25) is 10.0 Å². The molecule has 106 valence electrons. The highest BCUT2D eigenvalue weighted by atomic mass is 32.2. The highest BCUT2D eigenvalue weighted by Crippen LogP contribution is 2.08. The highest BCUT2D eigenvalue weighted by molar-refractivity contribution is 7.92. The Labute approximate surface area is 118 Å². The molecule has 1 heterocycles. The molecule has 20 heavy (non-hydrogen) atoms. The molecule has 6 heteroatoms. The summed E-state index contributed by atoms with van der Waals surface area (Å²) in [5.41, 5.74) is 2.69. The van der Waals surface area contributed by atoms with Gasteiger partial charge in [0.05, 0.1) is 6.20 Å². The topological polar surface area (TPSA) is 72.2 Å². The number of sulfonamides is 1.